The molecule has 2 aliphatic heterocycles. The summed E-state index contributed by atoms with van der Waals surface area (Å²) in [4.78, 5) is 29.0. The first-order valence-corrected chi connectivity index (χ1v) is 10.5. The number of hydrogen-bond donors (Lipinski definition) is 1. The van der Waals surface area contributed by atoms with Gasteiger partial charge in [0.15, 0.2) is 0 Å². The highest BCUT2D eigenvalue weighted by Gasteiger charge is 2.33. The summed E-state index contributed by atoms with van der Waals surface area (Å²) in [6.07, 6.45) is 6.44. The van der Waals surface area contributed by atoms with Crippen LogP contribution in [-0.2, 0) is 16.1 Å². The van der Waals surface area contributed by atoms with E-state index in [1.54, 1.807) is 4.90 Å². The zero-order chi connectivity index (χ0) is 19.1. The van der Waals surface area contributed by atoms with Crippen LogP contribution in [0.4, 0.5) is 0 Å². The Morgan fingerprint density at radius 3 is 2.78 bits per heavy atom. The van der Waals surface area contributed by atoms with Gasteiger partial charge in [0.25, 0.3) is 0 Å². The monoisotopic (exact) mass is 371 g/mol. The molecule has 0 aliphatic carbocycles. The van der Waals surface area contributed by atoms with Gasteiger partial charge >= 0.3 is 0 Å². The maximum absolute atomic E-state index is 12.4. The fraction of sp³-hybridized carbons (Fsp3) is 0.636. The summed E-state index contributed by atoms with van der Waals surface area (Å²) in [5.41, 5.74) is 1.11. The van der Waals surface area contributed by atoms with Crippen molar-refractivity contribution in [3.63, 3.8) is 0 Å². The SMILES string of the molecule is CC1CCCCN1CCCCNC(=O)C1CC(=O)N(Cc2ccccc2)C1. The quantitative estimate of drug-likeness (QED) is 0.715. The molecule has 0 saturated carbocycles. The third-order valence-electron chi connectivity index (χ3n) is 5.91. The highest BCUT2D eigenvalue weighted by Crippen LogP contribution is 2.20. The molecule has 0 radical (unpaired) electrons. The Bertz CT molecular complexity index is 619. The molecule has 1 aromatic carbocycles. The van der Waals surface area contributed by atoms with E-state index in [1.165, 1.54) is 25.8 Å². The summed E-state index contributed by atoms with van der Waals surface area (Å²) >= 11 is 0. The highest BCUT2D eigenvalue weighted by atomic mass is 16.2. The molecular weight excluding hydrogens is 338 g/mol. The number of unbranched alkanes of at least 4 members (excludes halogenated alkanes) is 1. The summed E-state index contributed by atoms with van der Waals surface area (Å²) < 4.78 is 0. The molecule has 5 heteroatoms. The lowest BCUT2D eigenvalue weighted by Gasteiger charge is -2.33. The molecular formula is C22H33N3O2. The predicted molar refractivity (Wildman–Crippen MR) is 107 cm³/mol. The van der Waals surface area contributed by atoms with Crippen LogP contribution in [0.2, 0.25) is 0 Å². The number of piperidine rings is 1. The molecule has 5 nitrogen and oxygen atoms in total. The first kappa shape index (κ1) is 19.9. The van der Waals surface area contributed by atoms with Crippen molar-refractivity contribution < 1.29 is 9.59 Å². The minimum absolute atomic E-state index is 0.0326. The Morgan fingerprint density at radius 2 is 2.00 bits per heavy atom. The van der Waals surface area contributed by atoms with Crippen LogP contribution in [0.25, 0.3) is 0 Å². The van der Waals surface area contributed by atoms with Crippen LogP contribution in [0, 0.1) is 5.92 Å². The molecule has 1 aromatic rings. The molecule has 0 spiro atoms. The molecule has 3 rings (SSSR count). The Hall–Kier alpha value is -1.88. The van der Waals surface area contributed by atoms with Gasteiger partial charge in [-0.25, -0.2) is 0 Å². The second-order valence-corrected chi connectivity index (χ2v) is 8.04. The van der Waals surface area contributed by atoms with Crippen molar-refractivity contribution in [3.05, 3.63) is 35.9 Å². The minimum atomic E-state index is -0.205. The summed E-state index contributed by atoms with van der Waals surface area (Å²) in [6.45, 7) is 6.50. The lowest BCUT2D eigenvalue weighted by atomic mass is 10.0. The number of nitrogens with zero attached hydrogens (tertiary/aromatic N) is 2. The lowest BCUT2D eigenvalue weighted by Crippen LogP contribution is -2.38. The minimum Gasteiger partial charge on any atom is -0.356 e. The van der Waals surface area contributed by atoms with E-state index < -0.39 is 0 Å². The lowest BCUT2D eigenvalue weighted by molar-refractivity contribution is -0.129. The van der Waals surface area contributed by atoms with E-state index in [2.05, 4.69) is 17.1 Å². The van der Waals surface area contributed by atoms with Crippen LogP contribution in [0.1, 0.15) is 51.0 Å². The van der Waals surface area contributed by atoms with Gasteiger partial charge in [0.05, 0.1) is 5.92 Å². The largest absolute Gasteiger partial charge is 0.356 e. The smallest absolute Gasteiger partial charge is 0.225 e. The molecule has 27 heavy (non-hydrogen) atoms. The van der Waals surface area contributed by atoms with Gasteiger partial charge < -0.3 is 15.1 Å². The van der Waals surface area contributed by atoms with Crippen molar-refractivity contribution in [2.75, 3.05) is 26.2 Å². The Balaban J connectivity index is 1.33. The van der Waals surface area contributed by atoms with Crippen LogP contribution in [0.5, 0.6) is 0 Å². The van der Waals surface area contributed by atoms with Crippen molar-refractivity contribution in [2.45, 2.75) is 58.0 Å². The molecule has 0 bridgehead atoms. The van der Waals surface area contributed by atoms with Crippen LogP contribution < -0.4 is 5.32 Å². The van der Waals surface area contributed by atoms with Gasteiger partial charge in [0.2, 0.25) is 11.8 Å². The normalized spacial score (nSPS) is 23.6. The average molecular weight is 372 g/mol. The second-order valence-electron chi connectivity index (χ2n) is 8.04. The first-order valence-electron chi connectivity index (χ1n) is 10.5. The Labute approximate surface area is 163 Å². The van der Waals surface area contributed by atoms with Crippen LogP contribution in [0.3, 0.4) is 0 Å². The molecule has 2 amide bonds. The zero-order valence-electron chi connectivity index (χ0n) is 16.5. The second kappa shape index (κ2) is 9.88. The Morgan fingerprint density at radius 1 is 1.19 bits per heavy atom. The Kier molecular flexibility index (Phi) is 7.27. The molecule has 2 atom stereocenters. The molecule has 2 aliphatic rings. The van der Waals surface area contributed by atoms with Gasteiger partial charge in [0, 0.05) is 32.1 Å². The predicted octanol–water partition coefficient (Wildman–Crippen LogP) is 2.81. The average Bonchev–Trinajstić information content (AvgIpc) is 3.04. The number of nitrogens with one attached hydrogen (secondary N) is 1. The highest BCUT2D eigenvalue weighted by molar-refractivity contribution is 5.89. The van der Waals surface area contributed by atoms with E-state index in [0.29, 0.717) is 32.1 Å². The summed E-state index contributed by atoms with van der Waals surface area (Å²) in [7, 11) is 0. The summed E-state index contributed by atoms with van der Waals surface area (Å²) in [6, 6.07) is 10.7. The van der Waals surface area contributed by atoms with Gasteiger partial charge in [-0.3, -0.25) is 9.59 Å². The van der Waals surface area contributed by atoms with Crippen molar-refractivity contribution in [2.24, 2.45) is 5.92 Å². The topological polar surface area (TPSA) is 52.7 Å². The summed E-state index contributed by atoms with van der Waals surface area (Å²) in [5, 5.41) is 3.04. The molecule has 2 unspecified atom stereocenters. The van der Waals surface area contributed by atoms with Crippen molar-refractivity contribution in [1.82, 2.24) is 15.1 Å². The van der Waals surface area contributed by atoms with E-state index in [-0.39, 0.29) is 17.7 Å². The van der Waals surface area contributed by atoms with Gasteiger partial charge in [-0.1, -0.05) is 36.8 Å². The molecule has 2 saturated heterocycles. The fourth-order valence-corrected chi connectivity index (χ4v) is 4.19. The van der Waals surface area contributed by atoms with E-state index in [0.717, 1.165) is 24.9 Å². The molecule has 2 fully saturated rings. The van der Waals surface area contributed by atoms with Gasteiger partial charge in [-0.15, -0.1) is 0 Å². The number of benzene rings is 1. The first-order chi connectivity index (χ1) is 13.1. The number of amides is 2. The zero-order valence-corrected chi connectivity index (χ0v) is 16.5. The van der Waals surface area contributed by atoms with Crippen molar-refractivity contribution in [3.8, 4) is 0 Å². The van der Waals surface area contributed by atoms with Crippen molar-refractivity contribution in [1.29, 1.82) is 0 Å². The number of carbonyl (C=O) groups is 2. The van der Waals surface area contributed by atoms with Crippen LogP contribution in [0.15, 0.2) is 30.3 Å². The molecule has 2 heterocycles. The van der Waals surface area contributed by atoms with Crippen molar-refractivity contribution >= 4 is 11.8 Å². The molecule has 148 valence electrons. The number of carbonyl (C=O) groups excluding carboxylic acids is 2. The van der Waals surface area contributed by atoms with E-state index in [9.17, 15) is 9.59 Å². The van der Waals surface area contributed by atoms with Crippen LogP contribution >= 0.6 is 0 Å². The third kappa shape index (κ3) is 5.80. The number of rotatable bonds is 8. The van der Waals surface area contributed by atoms with Gasteiger partial charge in [-0.05, 0) is 51.3 Å². The fourth-order valence-electron chi connectivity index (χ4n) is 4.19. The van der Waals surface area contributed by atoms with E-state index in [4.69, 9.17) is 0 Å². The third-order valence-corrected chi connectivity index (χ3v) is 5.91. The van der Waals surface area contributed by atoms with Gasteiger partial charge in [-0.2, -0.15) is 0 Å². The van der Waals surface area contributed by atoms with E-state index in [1.807, 2.05) is 30.3 Å². The number of likely N-dealkylation sites (tertiary alicyclic amines) is 2. The van der Waals surface area contributed by atoms with Gasteiger partial charge in [0.1, 0.15) is 0 Å². The maximum Gasteiger partial charge on any atom is 0.225 e. The molecule has 1 N–H and O–H groups in total. The standard InChI is InChI=1S/C22H33N3O2/c1-18-9-5-7-13-24(18)14-8-6-12-23-22(27)20-15-21(26)25(17-20)16-19-10-3-2-4-11-19/h2-4,10-11,18,20H,5-9,12-17H2,1H3,(H,23,27). The molecule has 0 aromatic heterocycles. The maximum atomic E-state index is 12.4. The van der Waals surface area contributed by atoms with E-state index >= 15 is 0 Å². The van der Waals surface area contributed by atoms with Crippen LogP contribution in [-0.4, -0.2) is 53.8 Å². The summed E-state index contributed by atoms with van der Waals surface area (Å²) in [5.74, 6) is -0.0910. The number of hydrogen-bond acceptors (Lipinski definition) is 3.